The predicted octanol–water partition coefficient (Wildman–Crippen LogP) is 3.52. The molecular formula is C16H13N3O. The minimum Gasteiger partial charge on any atom is -0.424 e. The number of hydrogen-bond acceptors (Lipinski definition) is 4. The standard InChI is InChI=1S/C16H13N3O/c17-15-10-11-18-16(19-15)20-14-9-5-4-8-13(14)12-6-2-1-3-7-12/h1-11H,(H2,17,18,19). The van der Waals surface area contributed by atoms with Crippen molar-refractivity contribution in [3.63, 3.8) is 0 Å². The van der Waals surface area contributed by atoms with E-state index in [0.717, 1.165) is 11.1 Å². The Bertz CT molecular complexity index is 714. The van der Waals surface area contributed by atoms with Gasteiger partial charge in [-0.1, -0.05) is 48.5 Å². The van der Waals surface area contributed by atoms with E-state index < -0.39 is 0 Å². The molecule has 0 unspecified atom stereocenters. The second-order valence-corrected chi connectivity index (χ2v) is 4.23. The first-order chi connectivity index (χ1) is 9.83. The Labute approximate surface area is 116 Å². The summed E-state index contributed by atoms with van der Waals surface area (Å²) in [5.74, 6) is 1.08. The lowest BCUT2D eigenvalue weighted by molar-refractivity contribution is 0.444. The Kier molecular flexibility index (Phi) is 3.29. The van der Waals surface area contributed by atoms with Crippen molar-refractivity contribution in [2.24, 2.45) is 0 Å². The van der Waals surface area contributed by atoms with Crippen molar-refractivity contribution in [1.29, 1.82) is 0 Å². The monoisotopic (exact) mass is 263 g/mol. The summed E-state index contributed by atoms with van der Waals surface area (Å²) >= 11 is 0. The summed E-state index contributed by atoms with van der Waals surface area (Å²) in [6, 6.07) is 19.6. The molecule has 2 N–H and O–H groups in total. The van der Waals surface area contributed by atoms with Crippen molar-refractivity contribution < 1.29 is 4.74 Å². The number of rotatable bonds is 3. The molecule has 0 aliphatic heterocycles. The third-order valence-corrected chi connectivity index (χ3v) is 2.83. The predicted molar refractivity (Wildman–Crippen MR) is 78.4 cm³/mol. The molecule has 4 nitrogen and oxygen atoms in total. The molecule has 0 amide bonds. The molecule has 1 aromatic heterocycles. The molecule has 20 heavy (non-hydrogen) atoms. The maximum Gasteiger partial charge on any atom is 0.323 e. The maximum atomic E-state index is 5.74. The van der Waals surface area contributed by atoms with Crippen LogP contribution in [-0.2, 0) is 0 Å². The van der Waals surface area contributed by atoms with Crippen molar-refractivity contribution in [2.75, 3.05) is 5.73 Å². The third-order valence-electron chi connectivity index (χ3n) is 2.83. The minimum absolute atomic E-state index is 0.244. The molecule has 0 saturated heterocycles. The lowest BCUT2D eigenvalue weighted by Gasteiger charge is -2.09. The molecule has 0 atom stereocenters. The van der Waals surface area contributed by atoms with Crippen LogP contribution in [0.1, 0.15) is 0 Å². The summed E-state index contributed by atoms with van der Waals surface area (Å²) < 4.78 is 5.74. The normalized spacial score (nSPS) is 10.2. The highest BCUT2D eigenvalue weighted by molar-refractivity contribution is 5.70. The third kappa shape index (κ3) is 2.59. The zero-order valence-electron chi connectivity index (χ0n) is 10.7. The zero-order valence-corrected chi connectivity index (χ0v) is 10.7. The molecule has 1 heterocycles. The number of para-hydroxylation sites is 1. The van der Waals surface area contributed by atoms with Gasteiger partial charge in [0.25, 0.3) is 0 Å². The quantitative estimate of drug-likeness (QED) is 0.785. The van der Waals surface area contributed by atoms with Crippen molar-refractivity contribution in [2.45, 2.75) is 0 Å². The Balaban J connectivity index is 1.99. The highest BCUT2D eigenvalue weighted by Crippen LogP contribution is 2.31. The van der Waals surface area contributed by atoms with Gasteiger partial charge in [-0.15, -0.1) is 0 Å². The first-order valence-electron chi connectivity index (χ1n) is 6.24. The number of anilines is 1. The van der Waals surface area contributed by atoms with Gasteiger partial charge in [0.1, 0.15) is 11.6 Å². The molecular weight excluding hydrogens is 250 g/mol. The van der Waals surface area contributed by atoms with Crippen molar-refractivity contribution in [3.8, 4) is 22.9 Å². The van der Waals surface area contributed by atoms with Crippen LogP contribution in [0.4, 0.5) is 5.82 Å². The summed E-state index contributed by atoms with van der Waals surface area (Å²) in [6.45, 7) is 0. The van der Waals surface area contributed by atoms with Crippen LogP contribution < -0.4 is 10.5 Å². The minimum atomic E-state index is 0.244. The first kappa shape index (κ1) is 12.2. The average molecular weight is 263 g/mol. The Morgan fingerprint density at radius 3 is 2.40 bits per heavy atom. The van der Waals surface area contributed by atoms with Crippen molar-refractivity contribution in [1.82, 2.24) is 9.97 Å². The maximum absolute atomic E-state index is 5.74. The number of nitrogens with two attached hydrogens (primary N) is 1. The van der Waals surface area contributed by atoms with Gasteiger partial charge >= 0.3 is 6.01 Å². The number of nitrogens with zero attached hydrogens (tertiary/aromatic N) is 2. The van der Waals surface area contributed by atoms with Crippen LogP contribution in [0.5, 0.6) is 11.8 Å². The Morgan fingerprint density at radius 1 is 0.850 bits per heavy atom. The van der Waals surface area contributed by atoms with Crippen LogP contribution in [0.2, 0.25) is 0 Å². The average Bonchev–Trinajstić information content (AvgIpc) is 2.49. The van der Waals surface area contributed by atoms with Gasteiger partial charge in [-0.3, -0.25) is 0 Å². The van der Waals surface area contributed by atoms with E-state index in [1.54, 1.807) is 12.3 Å². The summed E-state index contributed by atoms with van der Waals surface area (Å²) in [7, 11) is 0. The van der Waals surface area contributed by atoms with Crippen molar-refractivity contribution >= 4 is 5.82 Å². The number of ether oxygens (including phenoxy) is 1. The largest absolute Gasteiger partial charge is 0.424 e. The van der Waals surface area contributed by atoms with E-state index in [4.69, 9.17) is 10.5 Å². The van der Waals surface area contributed by atoms with Gasteiger partial charge in [-0.05, 0) is 17.7 Å². The zero-order chi connectivity index (χ0) is 13.8. The number of nitrogen functional groups attached to an aromatic ring is 1. The fourth-order valence-corrected chi connectivity index (χ4v) is 1.91. The number of aromatic nitrogens is 2. The van der Waals surface area contributed by atoms with E-state index >= 15 is 0 Å². The summed E-state index contributed by atoms with van der Waals surface area (Å²) in [5.41, 5.74) is 7.69. The van der Waals surface area contributed by atoms with Gasteiger partial charge in [0, 0.05) is 11.8 Å². The fraction of sp³-hybridized carbons (Fsp3) is 0. The first-order valence-corrected chi connectivity index (χ1v) is 6.24. The topological polar surface area (TPSA) is 61.0 Å². The SMILES string of the molecule is Nc1ccnc(Oc2ccccc2-c2ccccc2)n1. The highest BCUT2D eigenvalue weighted by Gasteiger charge is 2.08. The lowest BCUT2D eigenvalue weighted by Crippen LogP contribution is -1.96. The second kappa shape index (κ2) is 5.40. The van der Waals surface area contributed by atoms with E-state index in [-0.39, 0.29) is 6.01 Å². The van der Waals surface area contributed by atoms with Crippen LogP contribution in [0.3, 0.4) is 0 Å². The van der Waals surface area contributed by atoms with Gasteiger partial charge in [-0.2, -0.15) is 4.98 Å². The molecule has 2 aromatic carbocycles. The van der Waals surface area contributed by atoms with Gasteiger partial charge in [0.05, 0.1) is 0 Å². The number of hydrogen-bond donors (Lipinski definition) is 1. The van der Waals surface area contributed by atoms with Crippen molar-refractivity contribution in [3.05, 3.63) is 66.9 Å². The number of benzene rings is 2. The molecule has 4 heteroatoms. The van der Waals surface area contributed by atoms with Gasteiger partial charge in [-0.25, -0.2) is 4.98 Å². The van der Waals surface area contributed by atoms with E-state index in [1.807, 2.05) is 54.6 Å². The molecule has 3 aromatic rings. The van der Waals surface area contributed by atoms with Crippen LogP contribution in [0.15, 0.2) is 66.9 Å². The van der Waals surface area contributed by atoms with E-state index in [9.17, 15) is 0 Å². The Morgan fingerprint density at radius 2 is 1.60 bits per heavy atom. The second-order valence-electron chi connectivity index (χ2n) is 4.23. The summed E-state index contributed by atoms with van der Waals surface area (Å²) in [4.78, 5) is 8.10. The van der Waals surface area contributed by atoms with Crippen LogP contribution in [0, 0.1) is 0 Å². The van der Waals surface area contributed by atoms with E-state index in [0.29, 0.717) is 11.6 Å². The summed E-state index contributed by atoms with van der Waals surface area (Å²) in [6.07, 6.45) is 1.57. The molecule has 0 fully saturated rings. The van der Waals surface area contributed by atoms with Gasteiger partial charge in [0.15, 0.2) is 0 Å². The summed E-state index contributed by atoms with van der Waals surface area (Å²) in [5, 5.41) is 0. The molecule has 0 aliphatic rings. The molecule has 98 valence electrons. The molecule has 0 aliphatic carbocycles. The fourth-order valence-electron chi connectivity index (χ4n) is 1.91. The molecule has 0 bridgehead atoms. The van der Waals surface area contributed by atoms with Crippen LogP contribution in [0.25, 0.3) is 11.1 Å². The molecule has 0 spiro atoms. The lowest BCUT2D eigenvalue weighted by atomic mass is 10.1. The highest BCUT2D eigenvalue weighted by atomic mass is 16.5. The van der Waals surface area contributed by atoms with E-state index in [1.165, 1.54) is 0 Å². The van der Waals surface area contributed by atoms with Gasteiger partial charge in [0.2, 0.25) is 0 Å². The molecule has 3 rings (SSSR count). The van der Waals surface area contributed by atoms with Gasteiger partial charge < -0.3 is 10.5 Å². The molecule has 0 saturated carbocycles. The van der Waals surface area contributed by atoms with E-state index in [2.05, 4.69) is 9.97 Å². The van der Waals surface area contributed by atoms with Crippen LogP contribution >= 0.6 is 0 Å². The van der Waals surface area contributed by atoms with Crippen LogP contribution in [-0.4, -0.2) is 9.97 Å². The smallest absolute Gasteiger partial charge is 0.323 e. The Hall–Kier alpha value is -2.88. The molecule has 0 radical (unpaired) electrons.